The van der Waals surface area contributed by atoms with Gasteiger partial charge in [-0.3, -0.25) is 4.79 Å². The van der Waals surface area contributed by atoms with Gasteiger partial charge >= 0.3 is 0 Å². The lowest BCUT2D eigenvalue weighted by molar-refractivity contribution is 0.0993. The van der Waals surface area contributed by atoms with Crippen molar-refractivity contribution < 1.29 is 13.9 Å². The van der Waals surface area contributed by atoms with Crippen molar-refractivity contribution in [3.05, 3.63) is 53.7 Å². The summed E-state index contributed by atoms with van der Waals surface area (Å²) in [4.78, 5) is 23.2. The number of H-pyrrole nitrogens is 1. The maximum Gasteiger partial charge on any atom is 0.227 e. The molecule has 0 aliphatic carbocycles. The third kappa shape index (κ3) is 3.17. The van der Waals surface area contributed by atoms with Crippen LogP contribution in [-0.2, 0) is 6.61 Å². The molecule has 0 aliphatic heterocycles. The molecule has 0 bridgehead atoms. The predicted molar refractivity (Wildman–Crippen MR) is 84.3 cm³/mol. The summed E-state index contributed by atoms with van der Waals surface area (Å²) in [6, 6.07) is 6.08. The molecule has 1 aromatic carbocycles. The van der Waals surface area contributed by atoms with Gasteiger partial charge in [-0.05, 0) is 24.6 Å². The number of aromatic nitrogens is 3. The van der Waals surface area contributed by atoms with Crippen LogP contribution >= 0.6 is 11.6 Å². The van der Waals surface area contributed by atoms with Gasteiger partial charge in [-0.25, -0.2) is 14.4 Å². The molecule has 1 atom stereocenters. The SMILES string of the molecule is CC(Cl)C(=O)c1c[nH]c2ncnc(OCc3cccc(F)c3)c12. The Balaban J connectivity index is 1.94. The van der Waals surface area contributed by atoms with Crippen LogP contribution in [0.3, 0.4) is 0 Å². The Labute approximate surface area is 136 Å². The molecule has 0 saturated carbocycles. The zero-order valence-corrected chi connectivity index (χ0v) is 13.0. The zero-order chi connectivity index (χ0) is 16.4. The topological polar surface area (TPSA) is 67.9 Å². The molecule has 118 valence electrons. The van der Waals surface area contributed by atoms with Crippen LogP contribution in [0.5, 0.6) is 5.88 Å². The smallest absolute Gasteiger partial charge is 0.227 e. The molecule has 0 amide bonds. The standard InChI is InChI=1S/C16H13ClFN3O2/c1-9(17)14(22)12-6-19-15-13(12)16(21-8-20-15)23-7-10-3-2-4-11(18)5-10/h2-6,8-9H,7H2,1H3,(H,19,20,21). The first-order valence-electron chi connectivity index (χ1n) is 6.94. The average Bonchev–Trinajstić information content (AvgIpc) is 2.96. The molecule has 0 spiro atoms. The molecule has 3 rings (SSSR count). The first-order valence-corrected chi connectivity index (χ1v) is 7.37. The fourth-order valence-corrected chi connectivity index (χ4v) is 2.35. The van der Waals surface area contributed by atoms with Crippen molar-refractivity contribution in [3.63, 3.8) is 0 Å². The largest absolute Gasteiger partial charge is 0.472 e. The molecule has 1 N–H and O–H groups in total. The van der Waals surface area contributed by atoms with E-state index >= 15 is 0 Å². The normalized spacial score (nSPS) is 12.3. The molecule has 5 nitrogen and oxygen atoms in total. The molecule has 0 saturated heterocycles. The maximum absolute atomic E-state index is 13.2. The molecule has 7 heteroatoms. The van der Waals surface area contributed by atoms with Crippen molar-refractivity contribution in [3.8, 4) is 5.88 Å². The molecule has 0 fully saturated rings. The Bertz CT molecular complexity index is 863. The van der Waals surface area contributed by atoms with E-state index in [0.29, 0.717) is 22.2 Å². The number of rotatable bonds is 5. The van der Waals surface area contributed by atoms with Gasteiger partial charge in [0, 0.05) is 6.20 Å². The fourth-order valence-electron chi connectivity index (χ4n) is 2.23. The maximum atomic E-state index is 13.2. The number of carbonyl (C=O) groups is 1. The summed E-state index contributed by atoms with van der Waals surface area (Å²) in [5, 5.41) is -0.202. The van der Waals surface area contributed by atoms with Crippen LogP contribution in [0.1, 0.15) is 22.8 Å². The lowest BCUT2D eigenvalue weighted by Gasteiger charge is -2.08. The lowest BCUT2D eigenvalue weighted by atomic mass is 10.1. The van der Waals surface area contributed by atoms with E-state index in [2.05, 4.69) is 15.0 Å². The van der Waals surface area contributed by atoms with Crippen molar-refractivity contribution in [2.75, 3.05) is 0 Å². The Morgan fingerprint density at radius 2 is 2.26 bits per heavy atom. The Morgan fingerprint density at radius 1 is 1.43 bits per heavy atom. The molecule has 0 aliphatic rings. The minimum Gasteiger partial charge on any atom is -0.472 e. The average molecular weight is 334 g/mol. The number of ether oxygens (including phenoxy) is 1. The van der Waals surface area contributed by atoms with Crippen LogP contribution < -0.4 is 4.74 Å². The highest BCUT2D eigenvalue weighted by atomic mass is 35.5. The number of benzene rings is 1. The first kappa shape index (κ1) is 15.4. The van der Waals surface area contributed by atoms with Gasteiger partial charge in [0.1, 0.15) is 24.4 Å². The number of alkyl halides is 1. The van der Waals surface area contributed by atoms with Crippen molar-refractivity contribution in [1.29, 1.82) is 0 Å². The third-order valence-electron chi connectivity index (χ3n) is 3.33. The van der Waals surface area contributed by atoms with E-state index in [1.807, 2.05) is 0 Å². The second-order valence-electron chi connectivity index (χ2n) is 5.00. The van der Waals surface area contributed by atoms with Gasteiger partial charge in [0.25, 0.3) is 0 Å². The van der Waals surface area contributed by atoms with E-state index in [4.69, 9.17) is 16.3 Å². The first-order chi connectivity index (χ1) is 11.1. The van der Waals surface area contributed by atoms with Gasteiger partial charge in [-0.1, -0.05) is 12.1 Å². The lowest BCUT2D eigenvalue weighted by Crippen LogP contribution is -2.10. The second-order valence-corrected chi connectivity index (χ2v) is 5.66. The summed E-state index contributed by atoms with van der Waals surface area (Å²) in [5.41, 5.74) is 1.51. The van der Waals surface area contributed by atoms with Gasteiger partial charge < -0.3 is 9.72 Å². The summed E-state index contributed by atoms with van der Waals surface area (Å²) < 4.78 is 18.9. The number of fused-ring (bicyclic) bond motifs is 1. The minimum atomic E-state index is -0.676. The second kappa shape index (κ2) is 6.34. The van der Waals surface area contributed by atoms with Crippen LogP contribution in [-0.4, -0.2) is 26.1 Å². The van der Waals surface area contributed by atoms with E-state index in [0.717, 1.165) is 0 Å². The fraction of sp³-hybridized carbons (Fsp3) is 0.188. The monoisotopic (exact) mass is 333 g/mol. The molecular formula is C16H13ClFN3O2. The van der Waals surface area contributed by atoms with Crippen LogP contribution in [0.25, 0.3) is 11.0 Å². The number of nitrogens with zero attached hydrogens (tertiary/aromatic N) is 2. The summed E-state index contributed by atoms with van der Waals surface area (Å²) in [7, 11) is 0. The zero-order valence-electron chi connectivity index (χ0n) is 12.2. The highest BCUT2D eigenvalue weighted by molar-refractivity contribution is 6.35. The Kier molecular flexibility index (Phi) is 4.25. The molecular weight excluding hydrogens is 321 g/mol. The number of carbonyl (C=O) groups excluding carboxylic acids is 1. The number of hydrogen-bond acceptors (Lipinski definition) is 4. The van der Waals surface area contributed by atoms with Crippen LogP contribution in [0.4, 0.5) is 4.39 Å². The number of hydrogen-bond donors (Lipinski definition) is 1. The van der Waals surface area contributed by atoms with Gasteiger partial charge in [-0.15, -0.1) is 11.6 Å². The summed E-state index contributed by atoms with van der Waals surface area (Å²) in [6.07, 6.45) is 2.87. The molecule has 0 radical (unpaired) electrons. The van der Waals surface area contributed by atoms with E-state index in [1.54, 1.807) is 19.1 Å². The minimum absolute atomic E-state index is 0.124. The van der Waals surface area contributed by atoms with Gasteiger partial charge in [0.2, 0.25) is 5.88 Å². The number of Topliss-reactive ketones (excluding diaryl/α,β-unsaturated/α-hetero) is 1. The number of halogens is 2. The Hall–Kier alpha value is -2.47. The van der Waals surface area contributed by atoms with E-state index in [1.165, 1.54) is 24.7 Å². The van der Waals surface area contributed by atoms with Gasteiger partial charge in [-0.2, -0.15) is 0 Å². The van der Waals surface area contributed by atoms with Crippen molar-refractivity contribution >= 4 is 28.4 Å². The molecule has 23 heavy (non-hydrogen) atoms. The third-order valence-corrected chi connectivity index (χ3v) is 3.52. The van der Waals surface area contributed by atoms with Gasteiger partial charge in [0.15, 0.2) is 5.78 Å². The number of aromatic amines is 1. The van der Waals surface area contributed by atoms with Crippen molar-refractivity contribution in [1.82, 2.24) is 15.0 Å². The summed E-state index contributed by atoms with van der Waals surface area (Å²) >= 11 is 5.88. The van der Waals surface area contributed by atoms with Crippen LogP contribution in [0.15, 0.2) is 36.8 Å². The van der Waals surface area contributed by atoms with E-state index < -0.39 is 5.38 Å². The molecule has 2 aromatic heterocycles. The van der Waals surface area contributed by atoms with Gasteiger partial charge in [0.05, 0.1) is 16.3 Å². The Morgan fingerprint density at radius 3 is 3.00 bits per heavy atom. The molecule has 3 aromatic rings. The summed E-state index contributed by atoms with van der Waals surface area (Å²) in [6.45, 7) is 1.72. The van der Waals surface area contributed by atoms with Crippen LogP contribution in [0, 0.1) is 5.82 Å². The van der Waals surface area contributed by atoms with Crippen molar-refractivity contribution in [2.45, 2.75) is 18.9 Å². The van der Waals surface area contributed by atoms with E-state index in [-0.39, 0.29) is 24.1 Å². The van der Waals surface area contributed by atoms with E-state index in [9.17, 15) is 9.18 Å². The predicted octanol–water partition coefficient (Wildman–Crippen LogP) is 3.49. The van der Waals surface area contributed by atoms with Crippen LogP contribution in [0.2, 0.25) is 0 Å². The highest BCUT2D eigenvalue weighted by Crippen LogP contribution is 2.27. The van der Waals surface area contributed by atoms with Crippen molar-refractivity contribution in [2.24, 2.45) is 0 Å². The highest BCUT2D eigenvalue weighted by Gasteiger charge is 2.21. The number of nitrogens with one attached hydrogen (secondary N) is 1. The quantitative estimate of drug-likeness (QED) is 0.573. The molecule has 2 heterocycles. The molecule has 1 unspecified atom stereocenters. The number of ketones is 1. The summed E-state index contributed by atoms with van der Waals surface area (Å²) in [5.74, 6) is -0.336.